The zero-order valence-corrected chi connectivity index (χ0v) is 15.0. The van der Waals surface area contributed by atoms with E-state index in [4.69, 9.17) is 10.6 Å². The molecule has 1 heterocycles. The summed E-state index contributed by atoms with van der Waals surface area (Å²) in [7, 11) is 0. The van der Waals surface area contributed by atoms with Crippen LogP contribution < -0.4 is 15.9 Å². The van der Waals surface area contributed by atoms with Crippen LogP contribution in [0.25, 0.3) is 0 Å². The van der Waals surface area contributed by atoms with Gasteiger partial charge in [-0.25, -0.2) is 17.8 Å². The van der Waals surface area contributed by atoms with Crippen molar-refractivity contribution < 1.29 is 22.7 Å². The Labute approximate surface area is 161 Å². The van der Waals surface area contributed by atoms with Crippen molar-refractivity contribution in [2.24, 2.45) is 0 Å². The first-order valence-electron chi connectivity index (χ1n) is 7.88. The number of amides is 1. The number of nitrogens with one attached hydrogen (secondary N) is 1. The van der Waals surface area contributed by atoms with Crippen molar-refractivity contribution in [3.63, 3.8) is 0 Å². The van der Waals surface area contributed by atoms with Gasteiger partial charge in [-0.15, -0.1) is 10.2 Å². The van der Waals surface area contributed by atoms with Crippen molar-refractivity contribution in [2.45, 2.75) is 11.8 Å². The number of benzene rings is 2. The number of hydrogen-bond donors (Lipinski definition) is 2. The minimum Gasteiger partial charge on any atom is -0.486 e. The van der Waals surface area contributed by atoms with Gasteiger partial charge >= 0.3 is 0 Å². The second-order valence-corrected chi connectivity index (χ2v) is 6.42. The SMILES string of the molecule is Nn1c(COc2ccc(F)cc2)nnc1SCC(=O)Nc1ccc(F)c(F)c1. The van der Waals surface area contributed by atoms with Crippen molar-refractivity contribution in [1.82, 2.24) is 14.9 Å². The van der Waals surface area contributed by atoms with Gasteiger partial charge in [-0.1, -0.05) is 11.8 Å². The number of nitrogen functional groups attached to an aromatic ring is 1. The highest BCUT2D eigenvalue weighted by atomic mass is 32.2. The molecular weight excluding hydrogens is 395 g/mol. The quantitative estimate of drug-likeness (QED) is 0.460. The molecule has 0 radical (unpaired) electrons. The Morgan fingerprint density at radius 1 is 1.11 bits per heavy atom. The normalized spacial score (nSPS) is 10.7. The highest BCUT2D eigenvalue weighted by Gasteiger charge is 2.13. The van der Waals surface area contributed by atoms with E-state index in [1.54, 1.807) is 0 Å². The topological polar surface area (TPSA) is 95.1 Å². The zero-order valence-electron chi connectivity index (χ0n) is 14.2. The molecule has 3 rings (SSSR count). The van der Waals surface area contributed by atoms with Crippen LogP contribution in [-0.4, -0.2) is 26.5 Å². The Kier molecular flexibility index (Phi) is 6.04. The molecule has 1 aromatic heterocycles. The average molecular weight is 409 g/mol. The van der Waals surface area contributed by atoms with Crippen molar-refractivity contribution >= 4 is 23.4 Å². The fourth-order valence-electron chi connectivity index (χ4n) is 2.08. The first-order chi connectivity index (χ1) is 13.4. The van der Waals surface area contributed by atoms with Gasteiger partial charge in [0, 0.05) is 11.8 Å². The minimum atomic E-state index is -1.06. The first kappa shape index (κ1) is 19.5. The van der Waals surface area contributed by atoms with Crippen LogP contribution >= 0.6 is 11.8 Å². The monoisotopic (exact) mass is 409 g/mol. The average Bonchev–Trinajstić information content (AvgIpc) is 3.02. The van der Waals surface area contributed by atoms with Crippen molar-refractivity contribution in [3.8, 4) is 5.75 Å². The summed E-state index contributed by atoms with van der Waals surface area (Å²) in [6.45, 7) is -0.00323. The molecule has 0 aliphatic rings. The third-order valence-corrected chi connectivity index (χ3v) is 4.40. The van der Waals surface area contributed by atoms with E-state index in [9.17, 15) is 18.0 Å². The number of thioether (sulfide) groups is 1. The van der Waals surface area contributed by atoms with Crippen LogP contribution in [-0.2, 0) is 11.4 Å². The summed E-state index contributed by atoms with van der Waals surface area (Å²) in [5, 5.41) is 10.4. The van der Waals surface area contributed by atoms with Gasteiger partial charge in [0.25, 0.3) is 0 Å². The van der Waals surface area contributed by atoms with Crippen LogP contribution in [0.4, 0.5) is 18.9 Å². The molecule has 3 N–H and O–H groups in total. The summed E-state index contributed by atoms with van der Waals surface area (Å²) in [6.07, 6.45) is 0. The fraction of sp³-hybridized carbons (Fsp3) is 0.118. The summed E-state index contributed by atoms with van der Waals surface area (Å²) < 4.78 is 45.5. The van der Waals surface area contributed by atoms with E-state index in [0.717, 1.165) is 23.9 Å². The van der Waals surface area contributed by atoms with Crippen LogP contribution in [0.15, 0.2) is 47.6 Å². The van der Waals surface area contributed by atoms with Gasteiger partial charge in [-0.2, -0.15) is 0 Å². The summed E-state index contributed by atoms with van der Waals surface area (Å²) in [4.78, 5) is 11.9. The number of anilines is 1. The molecule has 0 saturated carbocycles. The number of carbonyl (C=O) groups excluding carboxylic acids is 1. The molecule has 1 amide bonds. The standard InChI is InChI=1S/C17H14F3N5O2S/c18-10-1-4-12(5-2-10)27-8-15-23-24-17(25(15)21)28-9-16(26)22-11-3-6-13(19)14(20)7-11/h1-7H,8-9,21H2,(H,22,26). The lowest BCUT2D eigenvalue weighted by molar-refractivity contribution is -0.113. The molecule has 0 aliphatic carbocycles. The lowest BCUT2D eigenvalue weighted by Gasteiger charge is -2.07. The van der Waals surface area contributed by atoms with Crippen molar-refractivity contribution in [2.75, 3.05) is 16.9 Å². The van der Waals surface area contributed by atoms with Gasteiger partial charge < -0.3 is 15.9 Å². The fourth-order valence-corrected chi connectivity index (χ4v) is 2.76. The number of rotatable bonds is 7. The molecule has 146 valence electrons. The summed E-state index contributed by atoms with van der Waals surface area (Å²) in [5.74, 6) is 3.64. The second kappa shape index (κ2) is 8.65. The molecule has 3 aromatic rings. The maximum absolute atomic E-state index is 13.2. The molecular formula is C17H14F3N5O2S. The zero-order chi connectivity index (χ0) is 20.1. The molecule has 0 unspecified atom stereocenters. The third kappa shape index (κ3) is 4.94. The lowest BCUT2D eigenvalue weighted by Crippen LogP contribution is -2.18. The maximum Gasteiger partial charge on any atom is 0.234 e. The Hall–Kier alpha value is -3.21. The molecule has 0 fully saturated rings. The minimum absolute atomic E-state index is 0.00323. The number of nitrogens with zero attached hydrogens (tertiary/aromatic N) is 3. The number of nitrogens with two attached hydrogens (primary N) is 1. The molecule has 28 heavy (non-hydrogen) atoms. The Balaban J connectivity index is 1.52. The second-order valence-electron chi connectivity index (χ2n) is 5.48. The van der Waals surface area contributed by atoms with Gasteiger partial charge in [0.2, 0.25) is 11.1 Å². The predicted molar refractivity (Wildman–Crippen MR) is 96.6 cm³/mol. The highest BCUT2D eigenvalue weighted by Crippen LogP contribution is 2.18. The largest absolute Gasteiger partial charge is 0.486 e. The van der Waals surface area contributed by atoms with Gasteiger partial charge in [-0.3, -0.25) is 4.79 Å². The summed E-state index contributed by atoms with van der Waals surface area (Å²) >= 11 is 1.01. The molecule has 0 saturated heterocycles. The van der Waals surface area contributed by atoms with Crippen molar-refractivity contribution in [1.29, 1.82) is 0 Å². The smallest absolute Gasteiger partial charge is 0.234 e. The first-order valence-corrected chi connectivity index (χ1v) is 8.86. The summed E-state index contributed by atoms with van der Waals surface area (Å²) in [6, 6.07) is 8.49. The Bertz CT molecular complexity index is 981. The Morgan fingerprint density at radius 3 is 2.57 bits per heavy atom. The van der Waals surface area contributed by atoms with E-state index >= 15 is 0 Å². The third-order valence-electron chi connectivity index (χ3n) is 3.45. The number of ether oxygens (including phenoxy) is 1. The van der Waals surface area contributed by atoms with Crippen LogP contribution in [0.2, 0.25) is 0 Å². The van der Waals surface area contributed by atoms with Crippen LogP contribution in [0.1, 0.15) is 5.82 Å². The molecule has 11 heteroatoms. The summed E-state index contributed by atoms with van der Waals surface area (Å²) in [5.41, 5.74) is 0.132. The van der Waals surface area contributed by atoms with E-state index in [-0.39, 0.29) is 29.0 Å². The number of halogens is 3. The Morgan fingerprint density at radius 2 is 1.86 bits per heavy atom. The molecule has 2 aromatic carbocycles. The lowest BCUT2D eigenvalue weighted by atomic mass is 10.3. The highest BCUT2D eigenvalue weighted by molar-refractivity contribution is 7.99. The van der Waals surface area contributed by atoms with E-state index in [0.29, 0.717) is 11.6 Å². The van der Waals surface area contributed by atoms with E-state index in [1.165, 1.54) is 35.0 Å². The van der Waals surface area contributed by atoms with Gasteiger partial charge in [0.05, 0.1) is 5.75 Å². The van der Waals surface area contributed by atoms with E-state index in [2.05, 4.69) is 15.5 Å². The number of carbonyl (C=O) groups is 1. The number of hydrogen-bond acceptors (Lipinski definition) is 6. The molecule has 0 spiro atoms. The molecule has 0 bridgehead atoms. The molecule has 7 nitrogen and oxygen atoms in total. The van der Waals surface area contributed by atoms with Crippen LogP contribution in [0, 0.1) is 17.5 Å². The maximum atomic E-state index is 13.2. The predicted octanol–water partition coefficient (Wildman–Crippen LogP) is 2.72. The van der Waals surface area contributed by atoms with Gasteiger partial charge in [-0.05, 0) is 36.4 Å². The van der Waals surface area contributed by atoms with Crippen molar-refractivity contribution in [3.05, 3.63) is 65.7 Å². The van der Waals surface area contributed by atoms with E-state index < -0.39 is 17.5 Å². The van der Waals surface area contributed by atoms with Gasteiger partial charge in [0.1, 0.15) is 18.2 Å². The van der Waals surface area contributed by atoms with Crippen LogP contribution in [0.5, 0.6) is 5.75 Å². The molecule has 0 atom stereocenters. The van der Waals surface area contributed by atoms with Crippen LogP contribution in [0.3, 0.4) is 0 Å². The van der Waals surface area contributed by atoms with E-state index in [1.807, 2.05) is 0 Å². The number of aromatic nitrogens is 3. The van der Waals surface area contributed by atoms with Gasteiger partial charge in [0.15, 0.2) is 17.5 Å². The molecule has 0 aliphatic heterocycles.